The Balaban J connectivity index is 0.000000370. The molecule has 0 unspecified atom stereocenters. The van der Waals surface area contributed by atoms with Gasteiger partial charge in [-0.05, 0) is 56.2 Å². The number of phenols is 5. The van der Waals surface area contributed by atoms with Crippen LogP contribution >= 0.6 is 0 Å². The third kappa shape index (κ3) is 6.10. The number of methoxy groups -OCH3 is 1. The van der Waals surface area contributed by atoms with Gasteiger partial charge in [0.05, 0.1) is 18.2 Å². The molecule has 0 atom stereocenters. The number of carboxylic acids is 2. The Labute approximate surface area is 220 Å². The lowest BCUT2D eigenvalue weighted by atomic mass is 10.0. The number of benzene rings is 3. The molecule has 13 nitrogen and oxygen atoms in total. The SMILES string of the molecule is COc1cc(C)c(C(=O)Oc2cc(C)c(O)c(C(=O)O)c2C)c(O)c1C=O.O=C(O)c1cc(O)c(O)c(O)c1. The van der Waals surface area contributed by atoms with Gasteiger partial charge >= 0.3 is 17.9 Å². The Morgan fingerprint density at radius 1 is 0.718 bits per heavy atom. The van der Waals surface area contributed by atoms with Gasteiger partial charge in [-0.25, -0.2) is 14.4 Å². The van der Waals surface area contributed by atoms with Gasteiger partial charge in [0, 0.05) is 5.56 Å². The first-order valence-electron chi connectivity index (χ1n) is 10.8. The van der Waals surface area contributed by atoms with Crippen LogP contribution in [0.25, 0.3) is 0 Å². The highest BCUT2D eigenvalue weighted by atomic mass is 16.5. The molecule has 13 heteroatoms. The summed E-state index contributed by atoms with van der Waals surface area (Å²) in [4.78, 5) is 45.5. The van der Waals surface area contributed by atoms with Gasteiger partial charge in [-0.1, -0.05) is 0 Å². The van der Waals surface area contributed by atoms with Crippen LogP contribution in [0.3, 0.4) is 0 Å². The van der Waals surface area contributed by atoms with E-state index in [1.54, 1.807) is 0 Å². The molecule has 0 amide bonds. The molecule has 0 fully saturated rings. The number of carbonyl (C=O) groups excluding carboxylic acids is 2. The molecule has 0 aromatic heterocycles. The summed E-state index contributed by atoms with van der Waals surface area (Å²) in [7, 11) is 1.31. The lowest BCUT2D eigenvalue weighted by Crippen LogP contribution is -2.14. The van der Waals surface area contributed by atoms with Crippen molar-refractivity contribution in [2.75, 3.05) is 7.11 Å². The number of esters is 1. The van der Waals surface area contributed by atoms with E-state index in [2.05, 4.69) is 0 Å². The van der Waals surface area contributed by atoms with Crippen molar-refractivity contribution in [1.82, 2.24) is 0 Å². The fourth-order valence-electron chi connectivity index (χ4n) is 3.44. The largest absolute Gasteiger partial charge is 0.507 e. The zero-order chi connectivity index (χ0) is 29.8. The van der Waals surface area contributed by atoms with Gasteiger partial charge in [-0.15, -0.1) is 0 Å². The van der Waals surface area contributed by atoms with Crippen LogP contribution in [-0.2, 0) is 0 Å². The first-order valence-corrected chi connectivity index (χ1v) is 10.8. The van der Waals surface area contributed by atoms with E-state index in [0.717, 1.165) is 12.1 Å². The third-order valence-corrected chi connectivity index (χ3v) is 5.48. The predicted molar refractivity (Wildman–Crippen MR) is 133 cm³/mol. The van der Waals surface area contributed by atoms with Crippen molar-refractivity contribution in [1.29, 1.82) is 0 Å². The smallest absolute Gasteiger partial charge is 0.347 e. The van der Waals surface area contributed by atoms with E-state index in [9.17, 15) is 34.5 Å². The molecule has 0 spiro atoms. The van der Waals surface area contributed by atoms with E-state index in [0.29, 0.717) is 11.8 Å². The van der Waals surface area contributed by atoms with Crippen LogP contribution in [0.15, 0.2) is 24.3 Å². The van der Waals surface area contributed by atoms with Gasteiger partial charge < -0.3 is 45.2 Å². The molecule has 0 aliphatic rings. The Kier molecular flexibility index (Phi) is 8.95. The first kappa shape index (κ1) is 29.8. The van der Waals surface area contributed by atoms with Crippen molar-refractivity contribution in [2.45, 2.75) is 20.8 Å². The highest BCUT2D eigenvalue weighted by Gasteiger charge is 2.26. The second-order valence-electron chi connectivity index (χ2n) is 8.05. The molecule has 0 heterocycles. The summed E-state index contributed by atoms with van der Waals surface area (Å²) in [6.07, 6.45) is 0.350. The number of aldehydes is 1. The van der Waals surface area contributed by atoms with Crippen molar-refractivity contribution >= 4 is 24.2 Å². The Bertz CT molecular complexity index is 1470. The summed E-state index contributed by atoms with van der Waals surface area (Å²) in [6, 6.07) is 4.40. The molecule has 0 radical (unpaired) electrons. The molecule has 7 N–H and O–H groups in total. The van der Waals surface area contributed by atoms with E-state index in [-0.39, 0.29) is 44.9 Å². The van der Waals surface area contributed by atoms with Crippen LogP contribution in [0.1, 0.15) is 58.1 Å². The van der Waals surface area contributed by atoms with Gasteiger partial charge in [0.1, 0.15) is 34.1 Å². The third-order valence-electron chi connectivity index (χ3n) is 5.48. The quantitative estimate of drug-likeness (QED) is 0.102. The number of rotatable bonds is 6. The van der Waals surface area contributed by atoms with Gasteiger partial charge in [0.15, 0.2) is 23.5 Å². The number of carboxylic acid groups (broad SMARTS) is 2. The van der Waals surface area contributed by atoms with Crippen molar-refractivity contribution < 1.29 is 64.4 Å². The van der Waals surface area contributed by atoms with Crippen LogP contribution in [0.4, 0.5) is 0 Å². The van der Waals surface area contributed by atoms with Gasteiger partial charge in [-0.3, -0.25) is 4.79 Å². The summed E-state index contributed by atoms with van der Waals surface area (Å²) in [5.41, 5.74) is -0.596. The molecule has 3 rings (SSSR count). The molecule has 206 valence electrons. The van der Waals surface area contributed by atoms with Crippen molar-refractivity contribution in [2.24, 2.45) is 0 Å². The minimum atomic E-state index is -1.38. The zero-order valence-electron chi connectivity index (χ0n) is 21.0. The lowest BCUT2D eigenvalue weighted by molar-refractivity contribution is 0.0679. The number of hydrogen-bond acceptors (Lipinski definition) is 11. The topological polar surface area (TPSA) is 228 Å². The number of phenolic OH excluding ortho intramolecular Hbond substituents is 4. The second kappa shape index (κ2) is 11.7. The highest BCUT2D eigenvalue weighted by Crippen LogP contribution is 2.37. The van der Waals surface area contributed by atoms with Crippen LogP contribution in [-0.4, -0.2) is 67.0 Å². The second-order valence-corrected chi connectivity index (χ2v) is 8.05. The fraction of sp³-hybridized carbons (Fsp3) is 0.154. The summed E-state index contributed by atoms with van der Waals surface area (Å²) < 4.78 is 10.3. The van der Waals surface area contributed by atoms with Crippen molar-refractivity contribution in [3.63, 3.8) is 0 Å². The maximum absolute atomic E-state index is 12.6. The molecular formula is C26H24O13. The summed E-state index contributed by atoms with van der Waals surface area (Å²) >= 11 is 0. The van der Waals surface area contributed by atoms with Crippen LogP contribution in [0, 0.1) is 20.8 Å². The maximum Gasteiger partial charge on any atom is 0.347 e. The van der Waals surface area contributed by atoms with Crippen LogP contribution in [0.2, 0.25) is 0 Å². The highest BCUT2D eigenvalue weighted by molar-refractivity contribution is 6.00. The molecule has 3 aromatic rings. The number of aromatic carboxylic acids is 2. The average Bonchev–Trinajstić information content (AvgIpc) is 2.85. The first-order chi connectivity index (χ1) is 18.2. The van der Waals surface area contributed by atoms with Crippen molar-refractivity contribution in [3.8, 4) is 40.2 Å². The predicted octanol–water partition coefficient (Wildman–Crippen LogP) is 3.26. The van der Waals surface area contributed by atoms with Gasteiger partial charge in [0.25, 0.3) is 0 Å². The van der Waals surface area contributed by atoms with Gasteiger partial charge in [0.2, 0.25) is 0 Å². The van der Waals surface area contributed by atoms with E-state index in [1.807, 2.05) is 0 Å². The number of ether oxygens (including phenoxy) is 2. The average molecular weight is 544 g/mol. The van der Waals surface area contributed by atoms with Gasteiger partial charge in [-0.2, -0.15) is 0 Å². The summed E-state index contributed by atoms with van der Waals surface area (Å²) in [5, 5.41) is 64.4. The molecule has 0 saturated carbocycles. The molecule has 0 bridgehead atoms. The van der Waals surface area contributed by atoms with E-state index >= 15 is 0 Å². The lowest BCUT2D eigenvalue weighted by Gasteiger charge is -2.16. The molecule has 0 saturated heterocycles. The summed E-state index contributed by atoms with van der Waals surface area (Å²) in [5.74, 6) is -6.71. The fourth-order valence-corrected chi connectivity index (χ4v) is 3.44. The Morgan fingerprint density at radius 3 is 1.72 bits per heavy atom. The minimum Gasteiger partial charge on any atom is -0.507 e. The molecule has 0 aliphatic heterocycles. The number of aryl methyl sites for hydroxylation is 2. The standard InChI is InChI=1S/C19H18O8.C7H6O5/c1-8-5-13(26-4)11(7-20)17(22)14(8)19(25)27-12-6-9(2)16(21)15(10(12)3)18(23)24;8-4-1-3(7(11)12)2-5(9)6(4)10/h5-7,21-22H,1-4H3,(H,23,24);1-2,8-10H,(H,11,12). The van der Waals surface area contributed by atoms with E-state index in [1.165, 1.54) is 40.0 Å². The van der Waals surface area contributed by atoms with E-state index < -0.39 is 46.7 Å². The van der Waals surface area contributed by atoms with E-state index in [4.69, 9.17) is 29.9 Å². The Morgan fingerprint density at radius 2 is 1.26 bits per heavy atom. The summed E-state index contributed by atoms with van der Waals surface area (Å²) in [6.45, 7) is 4.35. The van der Waals surface area contributed by atoms with Crippen LogP contribution in [0.5, 0.6) is 40.2 Å². The number of aromatic hydroxyl groups is 5. The Hall–Kier alpha value is -5.46. The maximum atomic E-state index is 12.6. The number of carbonyl (C=O) groups is 4. The molecule has 3 aromatic carbocycles. The molecule has 39 heavy (non-hydrogen) atoms. The monoisotopic (exact) mass is 544 g/mol. The molecule has 0 aliphatic carbocycles. The number of hydrogen-bond donors (Lipinski definition) is 7. The zero-order valence-corrected chi connectivity index (χ0v) is 21.0. The normalized spacial score (nSPS) is 10.2. The molecular weight excluding hydrogens is 520 g/mol. The van der Waals surface area contributed by atoms with Crippen LogP contribution < -0.4 is 9.47 Å². The minimum absolute atomic E-state index is 0.0419. The van der Waals surface area contributed by atoms with Crippen molar-refractivity contribution in [3.05, 3.63) is 63.2 Å².